The van der Waals surface area contributed by atoms with Gasteiger partial charge in [-0.25, -0.2) is 4.39 Å². The zero-order chi connectivity index (χ0) is 10.6. The lowest BCUT2D eigenvalue weighted by molar-refractivity contribution is -0.384. The van der Waals surface area contributed by atoms with Crippen molar-refractivity contribution in [2.45, 2.75) is 0 Å². The van der Waals surface area contributed by atoms with E-state index in [1.54, 1.807) is 0 Å². The zero-order valence-electron chi connectivity index (χ0n) is 7.31. The first-order valence-electron chi connectivity index (χ1n) is 3.95. The van der Waals surface area contributed by atoms with E-state index in [0.717, 1.165) is 12.1 Å². The Labute approximate surface area is 80.0 Å². The van der Waals surface area contributed by atoms with Gasteiger partial charge in [0, 0.05) is 24.2 Å². The van der Waals surface area contributed by atoms with Crippen molar-refractivity contribution in [2.24, 2.45) is 5.73 Å². The molecule has 5 heteroatoms. The summed E-state index contributed by atoms with van der Waals surface area (Å²) in [4.78, 5) is 9.80. The van der Waals surface area contributed by atoms with Crippen LogP contribution in [0.1, 0.15) is 5.56 Å². The first kappa shape index (κ1) is 10.3. The normalized spacial score (nSPS) is 10.7. The molecule has 0 radical (unpaired) electrons. The van der Waals surface area contributed by atoms with Crippen LogP contribution in [0.2, 0.25) is 0 Å². The highest BCUT2D eigenvalue weighted by Crippen LogP contribution is 2.17. The van der Waals surface area contributed by atoms with Crippen LogP contribution in [0.4, 0.5) is 10.1 Å². The van der Waals surface area contributed by atoms with Crippen LogP contribution in [-0.4, -0.2) is 11.5 Å². The highest BCUT2D eigenvalue weighted by Gasteiger charge is 2.08. The smallest absolute Gasteiger partial charge is 0.270 e. The molecule has 1 rings (SSSR count). The number of rotatable bonds is 3. The molecule has 14 heavy (non-hydrogen) atoms. The van der Waals surface area contributed by atoms with Gasteiger partial charge in [0.2, 0.25) is 0 Å². The molecule has 0 unspecified atom stereocenters. The molecule has 0 bridgehead atoms. The quantitative estimate of drug-likeness (QED) is 0.591. The minimum atomic E-state index is -0.570. The van der Waals surface area contributed by atoms with Crippen LogP contribution in [0.25, 0.3) is 6.08 Å². The van der Waals surface area contributed by atoms with Crippen molar-refractivity contribution < 1.29 is 9.31 Å². The van der Waals surface area contributed by atoms with Gasteiger partial charge in [-0.3, -0.25) is 10.1 Å². The Bertz CT molecular complexity index is 377. The molecule has 0 spiro atoms. The molecule has 0 amide bonds. The van der Waals surface area contributed by atoms with E-state index in [-0.39, 0.29) is 17.8 Å². The first-order chi connectivity index (χ1) is 6.65. The molecule has 0 heterocycles. The van der Waals surface area contributed by atoms with Gasteiger partial charge in [-0.05, 0) is 6.07 Å². The van der Waals surface area contributed by atoms with E-state index < -0.39 is 10.7 Å². The molecule has 0 aliphatic rings. The maximum absolute atomic E-state index is 13.0. The summed E-state index contributed by atoms with van der Waals surface area (Å²) in [5.41, 5.74) is 5.22. The zero-order valence-corrected chi connectivity index (χ0v) is 7.31. The topological polar surface area (TPSA) is 69.2 Å². The van der Waals surface area contributed by atoms with Crippen LogP contribution in [0, 0.1) is 15.9 Å². The van der Waals surface area contributed by atoms with Gasteiger partial charge in [-0.1, -0.05) is 12.2 Å². The molecule has 74 valence electrons. The Hall–Kier alpha value is -1.75. The average molecular weight is 196 g/mol. The van der Waals surface area contributed by atoms with Crippen molar-refractivity contribution in [3.8, 4) is 0 Å². The summed E-state index contributed by atoms with van der Waals surface area (Å²) in [6.07, 6.45) is 2.95. The Balaban J connectivity index is 3.08. The molecule has 0 fully saturated rings. The van der Waals surface area contributed by atoms with Crippen LogP contribution in [0.5, 0.6) is 0 Å². The molecule has 0 atom stereocenters. The maximum Gasteiger partial charge on any atom is 0.270 e. The Kier molecular flexibility index (Phi) is 3.30. The summed E-state index contributed by atoms with van der Waals surface area (Å²) >= 11 is 0. The van der Waals surface area contributed by atoms with Crippen LogP contribution in [0.15, 0.2) is 24.3 Å². The van der Waals surface area contributed by atoms with Gasteiger partial charge in [0.25, 0.3) is 5.69 Å². The number of nitro benzene ring substituents is 1. The molecule has 0 aromatic heterocycles. The van der Waals surface area contributed by atoms with Crippen LogP contribution < -0.4 is 5.73 Å². The van der Waals surface area contributed by atoms with Crippen molar-refractivity contribution in [2.75, 3.05) is 6.54 Å². The monoisotopic (exact) mass is 196 g/mol. The lowest BCUT2D eigenvalue weighted by Gasteiger charge is -1.96. The van der Waals surface area contributed by atoms with Crippen molar-refractivity contribution in [3.05, 3.63) is 45.8 Å². The second-order valence-electron chi connectivity index (χ2n) is 2.60. The van der Waals surface area contributed by atoms with E-state index in [9.17, 15) is 14.5 Å². The molecule has 4 nitrogen and oxygen atoms in total. The summed E-state index contributed by atoms with van der Waals surface area (Å²) in [6.45, 7) is 0.266. The van der Waals surface area contributed by atoms with Crippen LogP contribution >= 0.6 is 0 Å². The Morgan fingerprint density at radius 1 is 1.57 bits per heavy atom. The standard InChI is InChI=1S/C9H9FN2O2/c10-9-4-3-8(12(13)14)6-7(9)2-1-5-11/h1-4,6H,5,11H2/b2-1+. The van der Waals surface area contributed by atoms with Crippen molar-refractivity contribution >= 4 is 11.8 Å². The number of nitrogens with two attached hydrogens (primary N) is 1. The summed E-state index contributed by atoms with van der Waals surface area (Å²) in [5, 5.41) is 10.4. The van der Waals surface area contributed by atoms with E-state index >= 15 is 0 Å². The average Bonchev–Trinajstić information content (AvgIpc) is 2.16. The fraction of sp³-hybridized carbons (Fsp3) is 0.111. The van der Waals surface area contributed by atoms with Crippen molar-refractivity contribution in [1.29, 1.82) is 0 Å². The van der Waals surface area contributed by atoms with E-state index in [1.165, 1.54) is 18.2 Å². The molecule has 0 aliphatic heterocycles. The molecular formula is C9H9FN2O2. The van der Waals surface area contributed by atoms with Crippen LogP contribution in [0.3, 0.4) is 0 Å². The molecule has 2 N–H and O–H groups in total. The third kappa shape index (κ3) is 2.37. The molecule has 1 aromatic rings. The Morgan fingerprint density at radius 3 is 2.86 bits per heavy atom. The lowest BCUT2D eigenvalue weighted by atomic mass is 10.2. The number of halogens is 1. The number of non-ortho nitro benzene ring substituents is 1. The minimum absolute atomic E-state index is 0.136. The summed E-state index contributed by atoms with van der Waals surface area (Å²) < 4.78 is 13.0. The molecule has 1 aromatic carbocycles. The number of hydrogen-bond acceptors (Lipinski definition) is 3. The van der Waals surface area contributed by atoms with Gasteiger partial charge in [-0.2, -0.15) is 0 Å². The molecule has 0 saturated carbocycles. The number of benzene rings is 1. The molecule has 0 aliphatic carbocycles. The van der Waals surface area contributed by atoms with Gasteiger partial charge >= 0.3 is 0 Å². The highest BCUT2D eigenvalue weighted by molar-refractivity contribution is 5.54. The summed E-state index contributed by atoms with van der Waals surface area (Å²) in [5.74, 6) is -0.500. The highest BCUT2D eigenvalue weighted by atomic mass is 19.1. The van der Waals surface area contributed by atoms with Gasteiger partial charge in [0.1, 0.15) is 5.82 Å². The fourth-order valence-electron chi connectivity index (χ4n) is 0.967. The molecular weight excluding hydrogens is 187 g/mol. The van der Waals surface area contributed by atoms with E-state index in [1.807, 2.05) is 0 Å². The predicted molar refractivity (Wildman–Crippen MR) is 51.1 cm³/mol. The fourth-order valence-corrected chi connectivity index (χ4v) is 0.967. The first-order valence-corrected chi connectivity index (χ1v) is 3.95. The second kappa shape index (κ2) is 4.48. The van der Waals surface area contributed by atoms with Crippen molar-refractivity contribution in [1.82, 2.24) is 0 Å². The van der Waals surface area contributed by atoms with Gasteiger partial charge in [-0.15, -0.1) is 0 Å². The lowest BCUT2D eigenvalue weighted by Crippen LogP contribution is -1.93. The summed E-state index contributed by atoms with van der Waals surface area (Å²) in [6, 6.07) is 3.35. The minimum Gasteiger partial charge on any atom is -0.327 e. The SMILES string of the molecule is NC/C=C/c1cc([N+](=O)[O-])ccc1F. The predicted octanol–water partition coefficient (Wildman–Crippen LogP) is 1.71. The molecule has 0 saturated heterocycles. The largest absolute Gasteiger partial charge is 0.327 e. The van der Waals surface area contributed by atoms with Crippen molar-refractivity contribution in [3.63, 3.8) is 0 Å². The maximum atomic E-state index is 13.0. The van der Waals surface area contributed by atoms with Crippen LogP contribution in [-0.2, 0) is 0 Å². The van der Waals surface area contributed by atoms with E-state index in [0.29, 0.717) is 0 Å². The second-order valence-corrected chi connectivity index (χ2v) is 2.60. The van der Waals surface area contributed by atoms with Gasteiger partial charge < -0.3 is 5.73 Å². The third-order valence-corrected chi connectivity index (χ3v) is 1.62. The van der Waals surface area contributed by atoms with E-state index in [4.69, 9.17) is 5.73 Å². The Morgan fingerprint density at radius 2 is 2.29 bits per heavy atom. The van der Waals surface area contributed by atoms with E-state index in [2.05, 4.69) is 0 Å². The number of hydrogen-bond donors (Lipinski definition) is 1. The number of nitro groups is 1. The third-order valence-electron chi connectivity index (χ3n) is 1.62. The summed E-state index contributed by atoms with van der Waals surface area (Å²) in [7, 11) is 0. The number of nitrogens with zero attached hydrogens (tertiary/aromatic N) is 1. The van der Waals surface area contributed by atoms with Gasteiger partial charge in [0.15, 0.2) is 0 Å². The van der Waals surface area contributed by atoms with Gasteiger partial charge in [0.05, 0.1) is 4.92 Å².